The van der Waals surface area contributed by atoms with E-state index in [2.05, 4.69) is 16.0 Å². The minimum atomic E-state index is -0.570. The van der Waals surface area contributed by atoms with Gasteiger partial charge in [-0.05, 0) is 43.3 Å². The normalized spacial score (nSPS) is 11.4. The summed E-state index contributed by atoms with van der Waals surface area (Å²) in [6.07, 6.45) is 0. The zero-order valence-electron chi connectivity index (χ0n) is 12.6. The van der Waals surface area contributed by atoms with Gasteiger partial charge in [0, 0.05) is 24.0 Å². The minimum absolute atomic E-state index is 0.231. The van der Waals surface area contributed by atoms with Crippen molar-refractivity contribution in [2.24, 2.45) is 0 Å². The zero-order chi connectivity index (χ0) is 15.9. The molecule has 0 aliphatic rings. The van der Waals surface area contributed by atoms with Crippen molar-refractivity contribution in [3.8, 4) is 0 Å². The van der Waals surface area contributed by atoms with Crippen LogP contribution in [0.15, 0.2) is 54.6 Å². The number of carbonyl (C=O) groups is 2. The largest absolute Gasteiger partial charge is 0.356 e. The molecule has 0 heterocycles. The van der Waals surface area contributed by atoms with Crippen LogP contribution in [0.4, 0.5) is 17.1 Å². The predicted octanol–water partition coefficient (Wildman–Crippen LogP) is 2.89. The highest BCUT2D eigenvalue weighted by molar-refractivity contribution is 5.96. The average Bonchev–Trinajstić information content (AvgIpc) is 2.49. The first-order chi connectivity index (χ1) is 10.5. The van der Waals surface area contributed by atoms with E-state index in [0.717, 1.165) is 11.4 Å². The second-order valence-corrected chi connectivity index (χ2v) is 4.98. The first-order valence-electron chi connectivity index (χ1n) is 7.04. The lowest BCUT2D eigenvalue weighted by molar-refractivity contribution is -0.124. The van der Waals surface area contributed by atoms with E-state index >= 15 is 0 Å². The van der Waals surface area contributed by atoms with Gasteiger partial charge in [0.25, 0.3) is 0 Å². The Morgan fingerprint density at radius 2 is 1.41 bits per heavy atom. The van der Waals surface area contributed by atoms with Gasteiger partial charge in [-0.2, -0.15) is 0 Å². The van der Waals surface area contributed by atoms with Gasteiger partial charge in [0.15, 0.2) is 0 Å². The Kier molecular flexibility index (Phi) is 5.14. The number of anilines is 3. The number of carbonyl (C=O) groups excluding carboxylic acids is 2. The van der Waals surface area contributed by atoms with Crippen molar-refractivity contribution in [2.75, 3.05) is 10.6 Å². The number of para-hydroxylation sites is 1. The van der Waals surface area contributed by atoms with E-state index in [-0.39, 0.29) is 11.8 Å². The van der Waals surface area contributed by atoms with Crippen LogP contribution in [0.3, 0.4) is 0 Å². The van der Waals surface area contributed by atoms with Gasteiger partial charge >= 0.3 is 0 Å². The van der Waals surface area contributed by atoms with Gasteiger partial charge in [-0.1, -0.05) is 18.2 Å². The number of hydrogen-bond acceptors (Lipinski definition) is 3. The molecule has 0 aromatic heterocycles. The molecule has 5 heteroatoms. The molecule has 1 unspecified atom stereocenters. The summed E-state index contributed by atoms with van der Waals surface area (Å²) in [6.45, 7) is 3.02. The predicted molar refractivity (Wildman–Crippen MR) is 88.1 cm³/mol. The number of amides is 2. The van der Waals surface area contributed by atoms with Gasteiger partial charge in [-0.3, -0.25) is 9.59 Å². The summed E-state index contributed by atoms with van der Waals surface area (Å²) in [5.74, 6) is -0.482. The molecule has 0 fully saturated rings. The summed E-state index contributed by atoms with van der Waals surface area (Å²) < 4.78 is 0. The van der Waals surface area contributed by atoms with E-state index in [4.69, 9.17) is 0 Å². The van der Waals surface area contributed by atoms with E-state index in [0.29, 0.717) is 5.69 Å². The zero-order valence-corrected chi connectivity index (χ0v) is 12.6. The second kappa shape index (κ2) is 7.26. The van der Waals surface area contributed by atoms with E-state index in [1.807, 2.05) is 54.6 Å². The topological polar surface area (TPSA) is 70.2 Å². The van der Waals surface area contributed by atoms with E-state index < -0.39 is 6.04 Å². The van der Waals surface area contributed by atoms with Gasteiger partial charge < -0.3 is 16.0 Å². The molecular weight excluding hydrogens is 278 g/mol. The van der Waals surface area contributed by atoms with Crippen molar-refractivity contribution in [2.45, 2.75) is 19.9 Å². The Morgan fingerprint density at radius 3 is 2.00 bits per heavy atom. The minimum Gasteiger partial charge on any atom is -0.356 e. The molecule has 2 rings (SSSR count). The molecule has 0 saturated carbocycles. The van der Waals surface area contributed by atoms with Crippen molar-refractivity contribution >= 4 is 28.9 Å². The van der Waals surface area contributed by atoms with Gasteiger partial charge in [0.2, 0.25) is 11.8 Å². The smallest absolute Gasteiger partial charge is 0.246 e. The summed E-state index contributed by atoms with van der Waals surface area (Å²) >= 11 is 0. The molecule has 1 atom stereocenters. The number of nitrogens with one attached hydrogen (secondary N) is 3. The molecule has 2 aromatic rings. The van der Waals surface area contributed by atoms with Crippen LogP contribution in [0.2, 0.25) is 0 Å². The van der Waals surface area contributed by atoms with Crippen LogP contribution in [0, 0.1) is 0 Å². The van der Waals surface area contributed by atoms with Crippen LogP contribution in [0.5, 0.6) is 0 Å². The average molecular weight is 297 g/mol. The number of hydrogen-bond donors (Lipinski definition) is 3. The summed E-state index contributed by atoms with van der Waals surface area (Å²) in [5, 5.41) is 8.56. The van der Waals surface area contributed by atoms with Crippen molar-refractivity contribution in [1.82, 2.24) is 5.32 Å². The highest BCUT2D eigenvalue weighted by Crippen LogP contribution is 2.18. The third kappa shape index (κ3) is 4.63. The highest BCUT2D eigenvalue weighted by atomic mass is 16.2. The fourth-order valence-electron chi connectivity index (χ4n) is 1.95. The van der Waals surface area contributed by atoms with Crippen LogP contribution in [0.1, 0.15) is 13.8 Å². The van der Waals surface area contributed by atoms with Crippen molar-refractivity contribution in [3.05, 3.63) is 54.6 Å². The van der Waals surface area contributed by atoms with Gasteiger partial charge in [0.1, 0.15) is 6.04 Å². The standard InChI is InChI=1S/C17H19N3O2/c1-12(18-13(2)21)17(22)20-16-10-8-15(9-11-16)19-14-6-4-3-5-7-14/h3-12,19H,1-2H3,(H,18,21)(H,20,22). The summed E-state index contributed by atoms with van der Waals surface area (Å²) in [6, 6.07) is 16.6. The van der Waals surface area contributed by atoms with E-state index in [1.54, 1.807) is 6.92 Å². The highest BCUT2D eigenvalue weighted by Gasteiger charge is 2.13. The molecule has 5 nitrogen and oxygen atoms in total. The van der Waals surface area contributed by atoms with Crippen LogP contribution >= 0.6 is 0 Å². The molecule has 0 bridgehead atoms. The Balaban J connectivity index is 1.94. The van der Waals surface area contributed by atoms with Crippen LogP contribution in [-0.2, 0) is 9.59 Å². The first-order valence-corrected chi connectivity index (χ1v) is 7.04. The maximum atomic E-state index is 11.9. The van der Waals surface area contributed by atoms with Gasteiger partial charge in [-0.15, -0.1) is 0 Å². The fraction of sp³-hybridized carbons (Fsp3) is 0.176. The Hall–Kier alpha value is -2.82. The lowest BCUT2D eigenvalue weighted by Crippen LogP contribution is -2.40. The Labute approximate surface area is 129 Å². The molecule has 0 aliphatic carbocycles. The third-order valence-electron chi connectivity index (χ3n) is 3.03. The molecule has 22 heavy (non-hydrogen) atoms. The summed E-state index contributed by atoms with van der Waals surface area (Å²) in [7, 11) is 0. The van der Waals surface area contributed by atoms with Gasteiger partial charge in [0.05, 0.1) is 0 Å². The molecule has 2 aromatic carbocycles. The van der Waals surface area contributed by atoms with Crippen molar-refractivity contribution in [1.29, 1.82) is 0 Å². The van der Waals surface area contributed by atoms with Crippen LogP contribution < -0.4 is 16.0 Å². The summed E-state index contributed by atoms with van der Waals surface area (Å²) in [5.41, 5.74) is 2.61. The molecule has 0 saturated heterocycles. The second-order valence-electron chi connectivity index (χ2n) is 4.98. The lowest BCUT2D eigenvalue weighted by atomic mass is 10.2. The Morgan fingerprint density at radius 1 is 0.864 bits per heavy atom. The SMILES string of the molecule is CC(=O)NC(C)C(=O)Nc1ccc(Nc2ccccc2)cc1. The molecular formula is C17H19N3O2. The van der Waals surface area contributed by atoms with Crippen molar-refractivity contribution in [3.63, 3.8) is 0 Å². The molecule has 0 spiro atoms. The maximum absolute atomic E-state index is 11.9. The molecule has 3 N–H and O–H groups in total. The molecule has 0 radical (unpaired) electrons. The molecule has 0 aliphatic heterocycles. The van der Waals surface area contributed by atoms with Gasteiger partial charge in [-0.25, -0.2) is 0 Å². The fourth-order valence-corrected chi connectivity index (χ4v) is 1.95. The number of rotatable bonds is 5. The van der Waals surface area contributed by atoms with Crippen LogP contribution in [0.25, 0.3) is 0 Å². The lowest BCUT2D eigenvalue weighted by Gasteiger charge is -2.13. The van der Waals surface area contributed by atoms with E-state index in [1.165, 1.54) is 6.92 Å². The monoisotopic (exact) mass is 297 g/mol. The molecule has 2 amide bonds. The van der Waals surface area contributed by atoms with Crippen molar-refractivity contribution < 1.29 is 9.59 Å². The Bertz CT molecular complexity index is 639. The van der Waals surface area contributed by atoms with Crippen LogP contribution in [-0.4, -0.2) is 17.9 Å². The van der Waals surface area contributed by atoms with E-state index in [9.17, 15) is 9.59 Å². The first kappa shape index (κ1) is 15.6. The maximum Gasteiger partial charge on any atom is 0.246 e. The third-order valence-corrected chi connectivity index (χ3v) is 3.03. The molecule has 114 valence electrons. The number of benzene rings is 2. The quantitative estimate of drug-likeness (QED) is 0.794. The summed E-state index contributed by atoms with van der Waals surface area (Å²) in [4.78, 5) is 22.8.